The van der Waals surface area contributed by atoms with E-state index in [2.05, 4.69) is 4.98 Å². The fourth-order valence-corrected chi connectivity index (χ4v) is 4.46. The zero-order chi connectivity index (χ0) is 17.0. The van der Waals surface area contributed by atoms with Gasteiger partial charge in [-0.3, -0.25) is 9.55 Å². The molecule has 0 aliphatic rings. The van der Waals surface area contributed by atoms with Crippen LogP contribution in [-0.2, 0) is 13.6 Å². The molecule has 0 fully saturated rings. The van der Waals surface area contributed by atoms with E-state index in [1.165, 1.54) is 0 Å². The molecule has 124 valence electrons. The summed E-state index contributed by atoms with van der Waals surface area (Å²) in [6.07, 6.45) is -0.420. The molecule has 0 radical (unpaired) electrons. The van der Waals surface area contributed by atoms with Crippen LogP contribution in [-0.4, -0.2) is 17.2 Å². The first-order chi connectivity index (χ1) is 10.8. The monoisotopic (exact) mass is 333 g/mol. The highest BCUT2D eigenvalue weighted by molar-refractivity contribution is 7.62. The number of aryl methyl sites for hydroxylation is 1. The van der Waals surface area contributed by atoms with E-state index < -0.39 is 7.60 Å². The van der Waals surface area contributed by atoms with Gasteiger partial charge in [0.1, 0.15) is 0 Å². The number of pyridine rings is 1. The molecule has 0 unspecified atom stereocenters. The van der Waals surface area contributed by atoms with E-state index in [0.717, 1.165) is 17.0 Å². The molecule has 1 heterocycles. The molecular weight excluding hydrogens is 309 g/mol. The van der Waals surface area contributed by atoms with Gasteiger partial charge in [-0.2, -0.15) is 0 Å². The molecule has 2 aromatic rings. The predicted octanol–water partition coefficient (Wildman–Crippen LogP) is 4.73. The van der Waals surface area contributed by atoms with Gasteiger partial charge in [0.15, 0.2) is 0 Å². The second kappa shape index (κ2) is 7.39. The smallest absolute Gasteiger partial charge is 0.302 e. The Kier molecular flexibility index (Phi) is 5.74. The van der Waals surface area contributed by atoms with Gasteiger partial charge in [0, 0.05) is 11.3 Å². The summed E-state index contributed by atoms with van der Waals surface area (Å²) in [5.74, 6) is 0. The highest BCUT2D eigenvalue weighted by Crippen LogP contribution is 2.51. The van der Waals surface area contributed by atoms with Crippen LogP contribution in [0.2, 0.25) is 0 Å². The van der Waals surface area contributed by atoms with Crippen molar-refractivity contribution in [1.82, 2.24) is 4.98 Å². The summed E-state index contributed by atoms with van der Waals surface area (Å²) in [5, 5.41) is 0.556. The van der Waals surface area contributed by atoms with Crippen molar-refractivity contribution in [2.75, 3.05) is 0 Å². The minimum atomic E-state index is -3.44. The van der Waals surface area contributed by atoms with E-state index in [-0.39, 0.29) is 12.2 Å². The first-order valence-corrected chi connectivity index (χ1v) is 9.36. The largest absolute Gasteiger partial charge is 0.362 e. The van der Waals surface area contributed by atoms with Crippen LogP contribution in [0.1, 0.15) is 33.4 Å². The molecule has 0 saturated carbocycles. The van der Waals surface area contributed by atoms with E-state index in [9.17, 15) is 4.57 Å². The quantitative estimate of drug-likeness (QED) is 0.717. The second-order valence-electron chi connectivity index (χ2n) is 5.99. The van der Waals surface area contributed by atoms with Crippen molar-refractivity contribution in [1.29, 1.82) is 0 Å². The summed E-state index contributed by atoms with van der Waals surface area (Å²) in [6.45, 7) is 9.34. The van der Waals surface area contributed by atoms with Gasteiger partial charge in [0.2, 0.25) is 0 Å². The van der Waals surface area contributed by atoms with Crippen LogP contribution in [0.4, 0.5) is 0 Å². The summed E-state index contributed by atoms with van der Waals surface area (Å²) in [6, 6.07) is 13.2. The third-order valence-corrected chi connectivity index (χ3v) is 5.44. The predicted molar refractivity (Wildman–Crippen MR) is 94.1 cm³/mol. The second-order valence-corrected chi connectivity index (χ2v) is 7.89. The van der Waals surface area contributed by atoms with Gasteiger partial charge in [-0.1, -0.05) is 24.3 Å². The normalized spacial score (nSPS) is 12.1. The minimum absolute atomic E-state index is 0.210. The maximum absolute atomic E-state index is 13.4. The average Bonchev–Trinajstić information content (AvgIpc) is 2.45. The van der Waals surface area contributed by atoms with E-state index >= 15 is 0 Å². The Hall–Kier alpha value is -1.48. The number of benzene rings is 1. The van der Waals surface area contributed by atoms with Crippen molar-refractivity contribution in [2.24, 2.45) is 0 Å². The van der Waals surface area contributed by atoms with Gasteiger partial charge in [0.25, 0.3) is 0 Å². The average molecular weight is 333 g/mol. The fourth-order valence-electron chi connectivity index (χ4n) is 2.32. The lowest BCUT2D eigenvalue weighted by Gasteiger charge is -2.24. The van der Waals surface area contributed by atoms with Crippen LogP contribution < -0.4 is 5.30 Å². The standard InChI is InChI=1S/C18H24NO3P/c1-13(2)21-23(20,22-14(3)4)18-12-7-6-10-16(18)17-11-8-9-15(5)19-17/h6-14H,1-5H3. The highest BCUT2D eigenvalue weighted by Gasteiger charge is 2.33. The summed E-state index contributed by atoms with van der Waals surface area (Å²) in [7, 11) is -3.44. The first kappa shape index (κ1) is 17.9. The van der Waals surface area contributed by atoms with E-state index in [1.807, 2.05) is 71.0 Å². The van der Waals surface area contributed by atoms with Crippen molar-refractivity contribution in [3.8, 4) is 11.3 Å². The maximum atomic E-state index is 13.4. The summed E-state index contributed by atoms with van der Waals surface area (Å²) in [5.41, 5.74) is 2.45. The van der Waals surface area contributed by atoms with E-state index in [0.29, 0.717) is 5.30 Å². The Bertz CT molecular complexity index is 699. The molecule has 0 saturated heterocycles. The lowest BCUT2D eigenvalue weighted by Crippen LogP contribution is -2.18. The van der Waals surface area contributed by atoms with Crippen molar-refractivity contribution in [2.45, 2.75) is 46.8 Å². The minimum Gasteiger partial charge on any atom is -0.302 e. The van der Waals surface area contributed by atoms with Gasteiger partial charge in [0.05, 0.1) is 23.2 Å². The molecule has 4 nitrogen and oxygen atoms in total. The SMILES string of the molecule is Cc1cccc(-c2ccccc2P(=O)(OC(C)C)OC(C)C)n1. The van der Waals surface area contributed by atoms with Crippen molar-refractivity contribution >= 4 is 12.9 Å². The van der Waals surface area contributed by atoms with E-state index in [1.54, 1.807) is 6.07 Å². The summed E-state index contributed by atoms with van der Waals surface area (Å²) < 4.78 is 24.9. The van der Waals surface area contributed by atoms with Gasteiger partial charge in [-0.15, -0.1) is 0 Å². The van der Waals surface area contributed by atoms with Gasteiger partial charge < -0.3 is 9.05 Å². The summed E-state index contributed by atoms with van der Waals surface area (Å²) in [4.78, 5) is 4.54. The third kappa shape index (κ3) is 4.51. The van der Waals surface area contributed by atoms with Crippen LogP contribution in [0.5, 0.6) is 0 Å². The lowest BCUT2D eigenvalue weighted by molar-refractivity contribution is 0.150. The molecule has 0 aliphatic carbocycles. The summed E-state index contributed by atoms with van der Waals surface area (Å²) >= 11 is 0. The van der Waals surface area contributed by atoms with Crippen LogP contribution in [0.25, 0.3) is 11.3 Å². The fraction of sp³-hybridized carbons (Fsp3) is 0.389. The van der Waals surface area contributed by atoms with Gasteiger partial charge >= 0.3 is 7.60 Å². The molecule has 0 bridgehead atoms. The van der Waals surface area contributed by atoms with Crippen molar-refractivity contribution in [3.63, 3.8) is 0 Å². The highest BCUT2D eigenvalue weighted by atomic mass is 31.2. The molecule has 0 spiro atoms. The van der Waals surface area contributed by atoms with Crippen molar-refractivity contribution in [3.05, 3.63) is 48.2 Å². The van der Waals surface area contributed by atoms with Crippen LogP contribution >= 0.6 is 7.60 Å². The molecular formula is C18H24NO3P. The molecule has 2 rings (SSSR count). The van der Waals surface area contributed by atoms with Crippen molar-refractivity contribution < 1.29 is 13.6 Å². The number of rotatable bonds is 6. The molecule has 23 heavy (non-hydrogen) atoms. The maximum Gasteiger partial charge on any atom is 0.362 e. The molecule has 0 N–H and O–H groups in total. The number of hydrogen-bond donors (Lipinski definition) is 0. The molecule has 0 atom stereocenters. The molecule has 1 aromatic carbocycles. The number of hydrogen-bond acceptors (Lipinski definition) is 4. The van der Waals surface area contributed by atoms with E-state index in [4.69, 9.17) is 9.05 Å². The number of aromatic nitrogens is 1. The Labute approximate surface area is 138 Å². The third-order valence-electron chi connectivity index (χ3n) is 3.06. The zero-order valence-corrected chi connectivity index (χ0v) is 15.2. The van der Waals surface area contributed by atoms with Gasteiger partial charge in [-0.05, 0) is 52.8 Å². The van der Waals surface area contributed by atoms with Crippen LogP contribution in [0.3, 0.4) is 0 Å². The molecule has 0 amide bonds. The Morgan fingerprint density at radius 2 is 1.52 bits per heavy atom. The van der Waals surface area contributed by atoms with Crippen LogP contribution in [0.15, 0.2) is 42.5 Å². The Morgan fingerprint density at radius 1 is 0.913 bits per heavy atom. The molecule has 5 heteroatoms. The van der Waals surface area contributed by atoms with Crippen LogP contribution in [0, 0.1) is 6.92 Å². The number of nitrogens with zero attached hydrogens (tertiary/aromatic N) is 1. The zero-order valence-electron chi connectivity index (χ0n) is 14.3. The Balaban J connectivity index is 2.58. The topological polar surface area (TPSA) is 48.4 Å². The Morgan fingerprint density at radius 3 is 2.09 bits per heavy atom. The first-order valence-electron chi connectivity index (χ1n) is 7.82. The molecule has 0 aliphatic heterocycles. The van der Waals surface area contributed by atoms with Gasteiger partial charge in [-0.25, -0.2) is 0 Å². The molecule has 1 aromatic heterocycles. The lowest BCUT2D eigenvalue weighted by atomic mass is 10.1.